The predicted octanol–water partition coefficient (Wildman–Crippen LogP) is 4.65. The lowest BCUT2D eigenvalue weighted by Crippen LogP contribution is -2.30. The molecule has 146 valence electrons. The van der Waals surface area contributed by atoms with Crippen LogP contribution in [0.15, 0.2) is 65.3 Å². The molecule has 0 saturated carbocycles. The second-order valence-corrected chi connectivity index (χ2v) is 7.09. The molecule has 0 aliphatic carbocycles. The number of carbonyl (C=O) groups excluding carboxylic acids is 1. The first-order valence-corrected chi connectivity index (χ1v) is 9.40. The van der Waals surface area contributed by atoms with Crippen LogP contribution >= 0.6 is 11.3 Å². The van der Waals surface area contributed by atoms with E-state index in [1.165, 1.54) is 40.7 Å². The first-order chi connectivity index (χ1) is 14.1. The van der Waals surface area contributed by atoms with Crippen LogP contribution in [-0.4, -0.2) is 22.9 Å². The molecule has 1 amide bonds. The maximum absolute atomic E-state index is 13.3. The van der Waals surface area contributed by atoms with Gasteiger partial charge in [0.2, 0.25) is 0 Å². The molecule has 29 heavy (non-hydrogen) atoms. The zero-order valence-electron chi connectivity index (χ0n) is 15.3. The zero-order chi connectivity index (χ0) is 20.4. The quantitative estimate of drug-likeness (QED) is 0.339. The molecular weight excluding hydrogens is 394 g/mol. The van der Waals surface area contributed by atoms with Crippen molar-refractivity contribution in [3.63, 3.8) is 0 Å². The number of carbonyl (C=O) groups is 1. The van der Waals surface area contributed by atoms with Crippen LogP contribution in [0.25, 0.3) is 10.2 Å². The SMILES string of the molecule is COc1cccc2sc(N(Cc3ccco3)C(=O)c3cccc([N+](=O)[O-])c3)nc12. The van der Waals surface area contributed by atoms with Crippen LogP contribution in [0, 0.1) is 10.1 Å². The highest BCUT2D eigenvalue weighted by atomic mass is 32.1. The second kappa shape index (κ2) is 7.72. The van der Waals surface area contributed by atoms with Crippen LogP contribution in [-0.2, 0) is 6.54 Å². The van der Waals surface area contributed by atoms with Gasteiger partial charge in [-0.05, 0) is 30.3 Å². The highest BCUT2D eigenvalue weighted by Crippen LogP contribution is 2.35. The normalized spacial score (nSPS) is 10.8. The first kappa shape index (κ1) is 18.6. The van der Waals surface area contributed by atoms with Crippen LogP contribution in [0.4, 0.5) is 10.8 Å². The van der Waals surface area contributed by atoms with Gasteiger partial charge in [-0.2, -0.15) is 0 Å². The first-order valence-electron chi connectivity index (χ1n) is 8.59. The number of nitrogens with zero attached hydrogens (tertiary/aromatic N) is 3. The maximum atomic E-state index is 13.3. The number of ether oxygens (including phenoxy) is 1. The Morgan fingerprint density at radius 1 is 1.24 bits per heavy atom. The number of non-ortho nitro benzene ring substituents is 1. The summed E-state index contributed by atoms with van der Waals surface area (Å²) < 4.78 is 11.6. The number of rotatable bonds is 6. The molecule has 0 N–H and O–H groups in total. The van der Waals surface area contributed by atoms with E-state index in [0.717, 1.165) is 4.70 Å². The molecule has 4 aromatic rings. The van der Waals surface area contributed by atoms with Gasteiger partial charge in [0.1, 0.15) is 17.0 Å². The van der Waals surface area contributed by atoms with Crippen molar-refractivity contribution in [1.82, 2.24) is 4.98 Å². The minimum atomic E-state index is -0.532. The van der Waals surface area contributed by atoms with Gasteiger partial charge in [0.15, 0.2) is 5.13 Å². The minimum Gasteiger partial charge on any atom is -0.494 e. The number of anilines is 1. The molecule has 0 bridgehead atoms. The van der Waals surface area contributed by atoms with Crippen LogP contribution in [0.1, 0.15) is 16.1 Å². The summed E-state index contributed by atoms with van der Waals surface area (Å²) in [5.74, 6) is 0.754. The fourth-order valence-electron chi connectivity index (χ4n) is 2.88. The molecule has 4 rings (SSSR count). The minimum absolute atomic E-state index is 0.136. The summed E-state index contributed by atoms with van der Waals surface area (Å²) in [4.78, 5) is 29.9. The second-order valence-electron chi connectivity index (χ2n) is 6.08. The predicted molar refractivity (Wildman–Crippen MR) is 108 cm³/mol. The molecule has 2 heterocycles. The summed E-state index contributed by atoms with van der Waals surface area (Å²) in [7, 11) is 1.56. The Morgan fingerprint density at radius 3 is 2.79 bits per heavy atom. The highest BCUT2D eigenvalue weighted by molar-refractivity contribution is 7.22. The van der Waals surface area contributed by atoms with Crippen molar-refractivity contribution in [3.8, 4) is 5.75 Å². The Morgan fingerprint density at radius 2 is 2.07 bits per heavy atom. The van der Waals surface area contributed by atoms with Gasteiger partial charge in [0.05, 0.1) is 29.5 Å². The van der Waals surface area contributed by atoms with Gasteiger partial charge in [-0.3, -0.25) is 19.8 Å². The van der Waals surface area contributed by atoms with Crippen molar-refractivity contribution in [3.05, 3.63) is 82.3 Å². The number of hydrogen-bond acceptors (Lipinski definition) is 7. The van der Waals surface area contributed by atoms with E-state index in [4.69, 9.17) is 9.15 Å². The molecule has 0 spiro atoms. The van der Waals surface area contributed by atoms with Crippen molar-refractivity contribution in [1.29, 1.82) is 0 Å². The molecule has 0 atom stereocenters. The smallest absolute Gasteiger partial charge is 0.270 e. The van der Waals surface area contributed by atoms with E-state index < -0.39 is 10.8 Å². The number of nitro benzene ring substituents is 1. The standard InChI is InChI=1S/C20H15N3O5S/c1-27-16-8-3-9-17-18(16)21-20(29-17)22(12-15-7-4-10-28-15)19(24)13-5-2-6-14(11-13)23(25)26/h2-11H,12H2,1H3. The zero-order valence-corrected chi connectivity index (χ0v) is 16.1. The average Bonchev–Trinajstić information content (AvgIpc) is 3.40. The Hall–Kier alpha value is -3.72. The Labute approximate surface area is 169 Å². The largest absolute Gasteiger partial charge is 0.494 e. The lowest BCUT2D eigenvalue weighted by Gasteiger charge is -2.18. The Kier molecular flexibility index (Phi) is 4.96. The van der Waals surface area contributed by atoms with Gasteiger partial charge >= 0.3 is 0 Å². The third kappa shape index (κ3) is 3.67. The van der Waals surface area contributed by atoms with Gasteiger partial charge in [0.25, 0.3) is 11.6 Å². The lowest BCUT2D eigenvalue weighted by atomic mass is 10.2. The third-order valence-electron chi connectivity index (χ3n) is 4.26. The number of fused-ring (bicyclic) bond motifs is 1. The monoisotopic (exact) mass is 409 g/mol. The van der Waals surface area contributed by atoms with Gasteiger partial charge in [-0.1, -0.05) is 23.5 Å². The van der Waals surface area contributed by atoms with E-state index in [2.05, 4.69) is 4.98 Å². The summed E-state index contributed by atoms with van der Waals surface area (Å²) in [6.45, 7) is 0.136. The summed E-state index contributed by atoms with van der Waals surface area (Å²) in [6, 6.07) is 14.6. The molecule has 0 radical (unpaired) electrons. The number of benzene rings is 2. The van der Waals surface area contributed by atoms with Crippen molar-refractivity contribution in [2.24, 2.45) is 0 Å². The number of hydrogen-bond donors (Lipinski definition) is 0. The van der Waals surface area contributed by atoms with E-state index >= 15 is 0 Å². The molecule has 0 saturated heterocycles. The molecule has 0 unspecified atom stereocenters. The number of aromatic nitrogens is 1. The fourth-order valence-corrected chi connectivity index (χ4v) is 3.87. The van der Waals surface area contributed by atoms with Gasteiger partial charge in [-0.25, -0.2) is 4.98 Å². The number of methoxy groups -OCH3 is 1. The Bertz CT molecular complexity index is 1190. The molecule has 0 aliphatic heterocycles. The molecule has 2 aromatic carbocycles. The van der Waals surface area contributed by atoms with Crippen LogP contribution in [0.5, 0.6) is 5.75 Å². The molecule has 0 fully saturated rings. The number of furan rings is 1. The number of thiazole rings is 1. The summed E-state index contributed by atoms with van der Waals surface area (Å²) in [5.41, 5.74) is 0.683. The van der Waals surface area contributed by atoms with Crippen LogP contribution in [0.2, 0.25) is 0 Å². The topological polar surface area (TPSA) is 98.7 Å². The Balaban J connectivity index is 1.79. The molecular formula is C20H15N3O5S. The van der Waals surface area contributed by atoms with Gasteiger partial charge in [0, 0.05) is 17.7 Å². The van der Waals surface area contributed by atoms with E-state index in [9.17, 15) is 14.9 Å². The summed E-state index contributed by atoms with van der Waals surface area (Å²) >= 11 is 1.33. The highest BCUT2D eigenvalue weighted by Gasteiger charge is 2.24. The van der Waals surface area contributed by atoms with E-state index in [-0.39, 0.29) is 17.8 Å². The number of amides is 1. The average molecular weight is 409 g/mol. The maximum Gasteiger partial charge on any atom is 0.270 e. The summed E-state index contributed by atoms with van der Waals surface area (Å²) in [5, 5.41) is 11.5. The van der Waals surface area contributed by atoms with Crippen LogP contribution in [0.3, 0.4) is 0 Å². The fraction of sp³-hybridized carbons (Fsp3) is 0.100. The van der Waals surface area contributed by atoms with E-state index in [1.807, 2.05) is 12.1 Å². The molecule has 2 aromatic heterocycles. The van der Waals surface area contributed by atoms with Crippen molar-refractivity contribution >= 4 is 38.3 Å². The number of para-hydroxylation sites is 1. The summed E-state index contributed by atoms with van der Waals surface area (Å²) in [6.07, 6.45) is 1.52. The van der Waals surface area contributed by atoms with Crippen LogP contribution < -0.4 is 9.64 Å². The molecule has 9 heteroatoms. The van der Waals surface area contributed by atoms with Crippen molar-refractivity contribution in [2.45, 2.75) is 6.54 Å². The van der Waals surface area contributed by atoms with Crippen molar-refractivity contribution in [2.75, 3.05) is 12.0 Å². The van der Waals surface area contributed by atoms with E-state index in [0.29, 0.717) is 22.2 Å². The molecule has 8 nitrogen and oxygen atoms in total. The van der Waals surface area contributed by atoms with E-state index in [1.54, 1.807) is 31.4 Å². The molecule has 0 aliphatic rings. The third-order valence-corrected chi connectivity index (χ3v) is 5.31. The van der Waals surface area contributed by atoms with Gasteiger partial charge in [-0.15, -0.1) is 0 Å². The van der Waals surface area contributed by atoms with Gasteiger partial charge < -0.3 is 9.15 Å². The van der Waals surface area contributed by atoms with Crippen molar-refractivity contribution < 1.29 is 18.9 Å². The lowest BCUT2D eigenvalue weighted by molar-refractivity contribution is -0.384. The number of nitro groups is 1.